The highest BCUT2D eigenvalue weighted by Gasteiger charge is 2.14. The lowest BCUT2D eigenvalue weighted by Crippen LogP contribution is -2.29. The Labute approximate surface area is 149 Å². The van der Waals surface area contributed by atoms with Crippen molar-refractivity contribution in [2.24, 2.45) is 0 Å². The Morgan fingerprint density at radius 3 is 2.65 bits per heavy atom. The molecule has 0 atom stereocenters. The Morgan fingerprint density at radius 2 is 1.92 bits per heavy atom. The van der Waals surface area contributed by atoms with Crippen LogP contribution in [0.15, 0.2) is 47.4 Å². The highest BCUT2D eigenvalue weighted by atomic mass is 16.2. The van der Waals surface area contributed by atoms with Gasteiger partial charge in [0.1, 0.15) is 11.3 Å². The first kappa shape index (κ1) is 17.3. The van der Waals surface area contributed by atoms with Crippen LogP contribution in [0.3, 0.4) is 0 Å². The molecule has 0 bridgehead atoms. The lowest BCUT2D eigenvalue weighted by atomic mass is 10.1. The summed E-state index contributed by atoms with van der Waals surface area (Å²) in [5, 5.41) is 11.9. The summed E-state index contributed by atoms with van der Waals surface area (Å²) in [5.74, 6) is -0.0563. The van der Waals surface area contributed by atoms with Crippen LogP contribution in [0.1, 0.15) is 21.5 Å². The highest BCUT2D eigenvalue weighted by molar-refractivity contribution is 5.94. The van der Waals surface area contributed by atoms with Crippen molar-refractivity contribution in [2.45, 2.75) is 13.5 Å². The zero-order valence-electron chi connectivity index (χ0n) is 14.4. The molecule has 0 spiro atoms. The van der Waals surface area contributed by atoms with Crippen LogP contribution in [-0.4, -0.2) is 33.1 Å². The largest absolute Gasteiger partial charge is 0.357 e. The topological polar surface area (TPSA) is 113 Å². The monoisotopic (exact) mass is 350 g/mol. The van der Waals surface area contributed by atoms with E-state index in [1.165, 1.54) is 6.07 Å². The van der Waals surface area contributed by atoms with E-state index in [0.29, 0.717) is 23.9 Å². The fraction of sp³-hybridized carbons (Fsp3) is 0.167. The van der Waals surface area contributed by atoms with E-state index in [4.69, 9.17) is 0 Å². The number of aromatic nitrogens is 4. The van der Waals surface area contributed by atoms with Crippen molar-refractivity contribution in [1.82, 2.24) is 25.5 Å². The second kappa shape index (κ2) is 7.56. The third-order valence-electron chi connectivity index (χ3n) is 3.76. The van der Waals surface area contributed by atoms with E-state index in [1.807, 2.05) is 31.2 Å². The van der Waals surface area contributed by atoms with Gasteiger partial charge in [0.25, 0.3) is 11.5 Å². The maximum Gasteiger partial charge on any atom is 0.277 e. The van der Waals surface area contributed by atoms with Gasteiger partial charge in [0, 0.05) is 19.8 Å². The third-order valence-corrected chi connectivity index (χ3v) is 3.76. The number of nitrogens with zero attached hydrogens (tertiary/aromatic N) is 3. The maximum absolute atomic E-state index is 12.4. The number of H-pyrrole nitrogens is 1. The summed E-state index contributed by atoms with van der Waals surface area (Å²) >= 11 is 0. The van der Waals surface area contributed by atoms with Gasteiger partial charge in [-0.2, -0.15) is 5.10 Å². The fourth-order valence-corrected chi connectivity index (χ4v) is 2.31. The standard InChI is InChI=1S/C18H18N6O2/c1-11-3-5-12(6-4-11)10-21-16(25)13-9-15(23-24-17(13)26)14-7-8-20-18(19-2)22-14/h3-9H,10H2,1-2H3,(H,21,25)(H,24,26)(H,19,20,22). The molecule has 8 nitrogen and oxygen atoms in total. The highest BCUT2D eigenvalue weighted by Crippen LogP contribution is 2.14. The van der Waals surface area contributed by atoms with E-state index in [1.54, 1.807) is 19.3 Å². The zero-order chi connectivity index (χ0) is 18.5. The smallest absolute Gasteiger partial charge is 0.277 e. The Balaban J connectivity index is 1.81. The molecule has 132 valence electrons. The molecule has 3 aromatic rings. The molecular formula is C18H18N6O2. The summed E-state index contributed by atoms with van der Waals surface area (Å²) in [6.45, 7) is 2.32. The van der Waals surface area contributed by atoms with Gasteiger partial charge < -0.3 is 10.6 Å². The number of benzene rings is 1. The van der Waals surface area contributed by atoms with Crippen molar-refractivity contribution in [2.75, 3.05) is 12.4 Å². The molecule has 2 heterocycles. The molecule has 26 heavy (non-hydrogen) atoms. The first-order chi connectivity index (χ1) is 12.6. The number of hydrogen-bond donors (Lipinski definition) is 3. The van der Waals surface area contributed by atoms with Crippen molar-refractivity contribution in [3.63, 3.8) is 0 Å². The summed E-state index contributed by atoms with van der Waals surface area (Å²) in [6.07, 6.45) is 1.57. The Kier molecular flexibility index (Phi) is 5.02. The molecule has 0 unspecified atom stereocenters. The van der Waals surface area contributed by atoms with Crippen LogP contribution >= 0.6 is 0 Å². The van der Waals surface area contributed by atoms with Gasteiger partial charge in [0.15, 0.2) is 0 Å². The van der Waals surface area contributed by atoms with E-state index >= 15 is 0 Å². The van der Waals surface area contributed by atoms with Crippen molar-refractivity contribution in [3.05, 3.63) is 69.6 Å². The van der Waals surface area contributed by atoms with Crippen molar-refractivity contribution < 1.29 is 4.79 Å². The molecule has 2 aromatic heterocycles. The lowest BCUT2D eigenvalue weighted by Gasteiger charge is -2.07. The molecular weight excluding hydrogens is 332 g/mol. The van der Waals surface area contributed by atoms with Gasteiger partial charge in [0.2, 0.25) is 5.95 Å². The number of anilines is 1. The minimum Gasteiger partial charge on any atom is -0.357 e. The molecule has 3 N–H and O–H groups in total. The SMILES string of the molecule is CNc1nccc(-c2cc(C(=O)NCc3ccc(C)cc3)c(=O)[nH]n2)n1. The molecule has 1 aromatic carbocycles. The number of nitrogens with one attached hydrogen (secondary N) is 3. The van der Waals surface area contributed by atoms with Crippen LogP contribution in [0.5, 0.6) is 0 Å². The Morgan fingerprint density at radius 1 is 1.15 bits per heavy atom. The van der Waals surface area contributed by atoms with E-state index in [9.17, 15) is 9.59 Å². The Hall–Kier alpha value is -3.55. The van der Waals surface area contributed by atoms with Gasteiger partial charge >= 0.3 is 0 Å². The van der Waals surface area contributed by atoms with Crippen LogP contribution in [0.25, 0.3) is 11.4 Å². The molecule has 0 saturated heterocycles. The quantitative estimate of drug-likeness (QED) is 0.643. The van der Waals surface area contributed by atoms with Gasteiger partial charge in [-0.1, -0.05) is 29.8 Å². The predicted molar refractivity (Wildman–Crippen MR) is 97.8 cm³/mol. The molecule has 0 aliphatic rings. The van der Waals surface area contributed by atoms with Crippen molar-refractivity contribution in [3.8, 4) is 11.4 Å². The molecule has 0 saturated carbocycles. The zero-order valence-corrected chi connectivity index (χ0v) is 14.4. The second-order valence-corrected chi connectivity index (χ2v) is 5.68. The molecule has 0 aliphatic carbocycles. The minimum absolute atomic E-state index is 0.0215. The lowest BCUT2D eigenvalue weighted by molar-refractivity contribution is 0.0949. The number of hydrogen-bond acceptors (Lipinski definition) is 6. The molecule has 1 amide bonds. The van der Waals surface area contributed by atoms with E-state index in [2.05, 4.69) is 30.8 Å². The maximum atomic E-state index is 12.4. The first-order valence-corrected chi connectivity index (χ1v) is 8.01. The van der Waals surface area contributed by atoms with E-state index < -0.39 is 11.5 Å². The number of aryl methyl sites for hydroxylation is 1. The summed E-state index contributed by atoms with van der Waals surface area (Å²) in [4.78, 5) is 32.7. The average molecular weight is 350 g/mol. The van der Waals surface area contributed by atoms with E-state index in [-0.39, 0.29) is 5.56 Å². The van der Waals surface area contributed by atoms with Gasteiger partial charge in [-0.25, -0.2) is 15.1 Å². The average Bonchev–Trinajstić information content (AvgIpc) is 2.67. The molecule has 0 aliphatic heterocycles. The van der Waals surface area contributed by atoms with Gasteiger partial charge in [0.05, 0.1) is 5.69 Å². The summed E-state index contributed by atoms with van der Waals surface area (Å²) in [7, 11) is 1.70. The second-order valence-electron chi connectivity index (χ2n) is 5.68. The molecule has 3 rings (SSSR count). The van der Waals surface area contributed by atoms with Gasteiger partial charge in [-0.05, 0) is 24.6 Å². The summed E-state index contributed by atoms with van der Waals surface area (Å²) in [6, 6.07) is 10.9. The number of carbonyl (C=O) groups excluding carboxylic acids is 1. The number of amides is 1. The third kappa shape index (κ3) is 3.92. The first-order valence-electron chi connectivity index (χ1n) is 8.01. The molecule has 0 fully saturated rings. The normalized spacial score (nSPS) is 10.4. The predicted octanol–water partition coefficient (Wildman–Crippen LogP) is 1.51. The molecule has 0 radical (unpaired) electrons. The number of carbonyl (C=O) groups is 1. The number of rotatable bonds is 5. The number of aromatic amines is 1. The Bertz CT molecular complexity index is 981. The van der Waals surface area contributed by atoms with Gasteiger partial charge in [-0.3, -0.25) is 9.59 Å². The van der Waals surface area contributed by atoms with Crippen LogP contribution in [0, 0.1) is 6.92 Å². The summed E-state index contributed by atoms with van der Waals surface area (Å²) in [5.41, 5.74) is 2.38. The van der Waals surface area contributed by atoms with Crippen LogP contribution in [-0.2, 0) is 6.54 Å². The van der Waals surface area contributed by atoms with Crippen molar-refractivity contribution >= 4 is 11.9 Å². The summed E-state index contributed by atoms with van der Waals surface area (Å²) < 4.78 is 0. The minimum atomic E-state index is -0.557. The fourth-order valence-electron chi connectivity index (χ4n) is 2.31. The van der Waals surface area contributed by atoms with E-state index in [0.717, 1.165) is 11.1 Å². The molecule has 8 heteroatoms. The van der Waals surface area contributed by atoms with Crippen LogP contribution in [0.4, 0.5) is 5.95 Å². The van der Waals surface area contributed by atoms with Gasteiger partial charge in [-0.15, -0.1) is 0 Å². The van der Waals surface area contributed by atoms with Crippen LogP contribution < -0.4 is 16.2 Å². The van der Waals surface area contributed by atoms with Crippen LogP contribution in [0.2, 0.25) is 0 Å². The van der Waals surface area contributed by atoms with Crippen molar-refractivity contribution in [1.29, 1.82) is 0 Å².